The highest BCUT2D eigenvalue weighted by molar-refractivity contribution is 6.30. The van der Waals surface area contributed by atoms with E-state index in [1.54, 1.807) is 18.2 Å². The van der Waals surface area contributed by atoms with E-state index in [1.807, 2.05) is 6.92 Å². The predicted octanol–water partition coefficient (Wildman–Crippen LogP) is -0.0125. The maximum Gasteiger partial charge on any atom is 0.217 e. The molecule has 0 aromatic heterocycles. The number of benzene rings is 1. The SMILES string of the molecule is CC(=O)N[C@@H]1[C@H](OCCOc2ccc(Cl)cc2C)O[C@@H](CO)[C@@H](O)[C@H]1O. The average Bonchev–Trinajstić information content (AvgIpc) is 2.58. The van der Waals surface area contributed by atoms with Crippen molar-refractivity contribution in [3.8, 4) is 5.75 Å². The molecular formula is C17H24ClNO7. The Kier molecular flexibility index (Phi) is 7.63. The second-order valence-electron chi connectivity index (χ2n) is 6.06. The first-order chi connectivity index (χ1) is 12.3. The van der Waals surface area contributed by atoms with Gasteiger partial charge in [-0.1, -0.05) is 11.6 Å². The Morgan fingerprint density at radius 1 is 1.31 bits per heavy atom. The summed E-state index contributed by atoms with van der Waals surface area (Å²) in [5.41, 5.74) is 0.876. The van der Waals surface area contributed by atoms with Gasteiger partial charge < -0.3 is 34.8 Å². The first-order valence-corrected chi connectivity index (χ1v) is 8.61. The monoisotopic (exact) mass is 389 g/mol. The second-order valence-corrected chi connectivity index (χ2v) is 6.50. The number of ether oxygens (including phenoxy) is 3. The quantitative estimate of drug-likeness (QED) is 0.484. The number of aliphatic hydroxyl groups excluding tert-OH is 3. The van der Waals surface area contributed by atoms with Crippen molar-refractivity contribution in [3.63, 3.8) is 0 Å². The zero-order valence-corrected chi connectivity index (χ0v) is 15.3. The first-order valence-electron chi connectivity index (χ1n) is 8.23. The number of hydrogen-bond acceptors (Lipinski definition) is 7. The number of aliphatic hydroxyl groups is 3. The van der Waals surface area contributed by atoms with Crippen LogP contribution in [0.3, 0.4) is 0 Å². The molecule has 2 rings (SSSR count). The van der Waals surface area contributed by atoms with Crippen LogP contribution in [0, 0.1) is 6.92 Å². The van der Waals surface area contributed by atoms with Gasteiger partial charge in [0.1, 0.15) is 36.7 Å². The first kappa shape index (κ1) is 20.9. The number of carbonyl (C=O) groups excluding carboxylic acids is 1. The van der Waals surface area contributed by atoms with Crippen LogP contribution in [0.5, 0.6) is 5.75 Å². The summed E-state index contributed by atoms with van der Waals surface area (Å²) in [5, 5.41) is 32.5. The van der Waals surface area contributed by atoms with Gasteiger partial charge in [-0.25, -0.2) is 0 Å². The number of rotatable bonds is 7. The molecule has 1 saturated heterocycles. The molecule has 1 aromatic carbocycles. The summed E-state index contributed by atoms with van der Waals surface area (Å²) >= 11 is 5.89. The lowest BCUT2D eigenvalue weighted by atomic mass is 9.97. The van der Waals surface area contributed by atoms with Crippen LogP contribution in [0.1, 0.15) is 12.5 Å². The van der Waals surface area contributed by atoms with Crippen molar-refractivity contribution in [2.45, 2.75) is 44.5 Å². The molecule has 0 bridgehead atoms. The van der Waals surface area contributed by atoms with E-state index >= 15 is 0 Å². The average molecular weight is 390 g/mol. The van der Waals surface area contributed by atoms with Gasteiger partial charge in [0, 0.05) is 11.9 Å². The maximum atomic E-state index is 11.3. The number of nitrogens with one attached hydrogen (secondary N) is 1. The van der Waals surface area contributed by atoms with E-state index < -0.39 is 43.2 Å². The standard InChI is InChI=1S/C17H24ClNO7/c1-9-7-11(18)3-4-12(9)24-5-6-25-17-14(19-10(2)21)16(23)15(22)13(8-20)26-17/h3-4,7,13-17,20,22-23H,5-6,8H2,1-2H3,(H,19,21)/t13-,14-,15+,16-,17+/m0/s1. The molecular weight excluding hydrogens is 366 g/mol. The van der Waals surface area contributed by atoms with Crippen LogP contribution in [0.2, 0.25) is 5.02 Å². The molecule has 1 aliphatic heterocycles. The van der Waals surface area contributed by atoms with Crippen LogP contribution in [-0.2, 0) is 14.3 Å². The van der Waals surface area contributed by atoms with Gasteiger partial charge in [-0.05, 0) is 30.7 Å². The van der Waals surface area contributed by atoms with E-state index in [-0.39, 0.29) is 13.2 Å². The van der Waals surface area contributed by atoms with Crippen molar-refractivity contribution in [1.29, 1.82) is 0 Å². The van der Waals surface area contributed by atoms with Gasteiger partial charge in [0.25, 0.3) is 0 Å². The fourth-order valence-electron chi connectivity index (χ4n) is 2.70. The lowest BCUT2D eigenvalue weighted by molar-refractivity contribution is -0.271. The maximum absolute atomic E-state index is 11.3. The Balaban J connectivity index is 1.92. The Morgan fingerprint density at radius 3 is 2.65 bits per heavy atom. The molecule has 5 atom stereocenters. The van der Waals surface area contributed by atoms with Crippen LogP contribution in [-0.4, -0.2) is 71.7 Å². The van der Waals surface area contributed by atoms with Gasteiger partial charge in [-0.3, -0.25) is 4.79 Å². The van der Waals surface area contributed by atoms with Crippen LogP contribution >= 0.6 is 11.6 Å². The van der Waals surface area contributed by atoms with Crippen molar-refractivity contribution >= 4 is 17.5 Å². The van der Waals surface area contributed by atoms with Crippen LogP contribution in [0.15, 0.2) is 18.2 Å². The van der Waals surface area contributed by atoms with Gasteiger partial charge in [0.05, 0.1) is 13.2 Å². The molecule has 0 saturated carbocycles. The molecule has 0 aliphatic carbocycles. The topological polar surface area (TPSA) is 117 Å². The highest BCUT2D eigenvalue weighted by Gasteiger charge is 2.45. The summed E-state index contributed by atoms with van der Waals surface area (Å²) < 4.78 is 16.6. The molecule has 8 nitrogen and oxygen atoms in total. The van der Waals surface area contributed by atoms with E-state index in [1.165, 1.54) is 6.92 Å². The molecule has 4 N–H and O–H groups in total. The third-order valence-electron chi connectivity index (χ3n) is 4.01. The normalized spacial score (nSPS) is 28.6. The van der Waals surface area contributed by atoms with E-state index in [9.17, 15) is 20.1 Å². The fourth-order valence-corrected chi connectivity index (χ4v) is 2.93. The van der Waals surface area contributed by atoms with Crippen molar-refractivity contribution in [3.05, 3.63) is 28.8 Å². The second kappa shape index (κ2) is 9.50. The van der Waals surface area contributed by atoms with Crippen molar-refractivity contribution in [2.24, 2.45) is 0 Å². The predicted molar refractivity (Wildman–Crippen MR) is 93.0 cm³/mol. The Hall–Kier alpha value is -1.42. The van der Waals surface area contributed by atoms with Crippen LogP contribution in [0.25, 0.3) is 0 Å². The third kappa shape index (κ3) is 5.29. The molecule has 1 fully saturated rings. The Labute approximate surface area is 156 Å². The minimum absolute atomic E-state index is 0.101. The lowest BCUT2D eigenvalue weighted by Crippen LogP contribution is -2.64. The highest BCUT2D eigenvalue weighted by atomic mass is 35.5. The zero-order valence-electron chi connectivity index (χ0n) is 14.6. The summed E-state index contributed by atoms with van der Waals surface area (Å²) in [6.45, 7) is 2.94. The van der Waals surface area contributed by atoms with E-state index in [0.717, 1.165) is 5.56 Å². The summed E-state index contributed by atoms with van der Waals surface area (Å²) in [7, 11) is 0. The van der Waals surface area contributed by atoms with Gasteiger partial charge in [0.2, 0.25) is 5.91 Å². The molecule has 26 heavy (non-hydrogen) atoms. The molecule has 146 valence electrons. The van der Waals surface area contributed by atoms with Crippen LogP contribution in [0.4, 0.5) is 0 Å². The number of carbonyl (C=O) groups is 1. The molecule has 0 spiro atoms. The smallest absolute Gasteiger partial charge is 0.217 e. The summed E-state index contributed by atoms with van der Waals surface area (Å²) in [4.78, 5) is 11.3. The van der Waals surface area contributed by atoms with Crippen molar-refractivity contribution in [1.82, 2.24) is 5.32 Å². The summed E-state index contributed by atoms with van der Waals surface area (Å²) in [6.07, 6.45) is -4.73. The Morgan fingerprint density at radius 2 is 2.04 bits per heavy atom. The Bertz CT molecular complexity index is 615. The molecule has 9 heteroatoms. The van der Waals surface area contributed by atoms with E-state index in [0.29, 0.717) is 10.8 Å². The lowest BCUT2D eigenvalue weighted by Gasteiger charge is -2.42. The number of amides is 1. The molecule has 1 aliphatic rings. The molecule has 1 aromatic rings. The van der Waals surface area contributed by atoms with Crippen LogP contribution < -0.4 is 10.1 Å². The van der Waals surface area contributed by atoms with Gasteiger partial charge in [-0.2, -0.15) is 0 Å². The summed E-state index contributed by atoms with van der Waals surface area (Å²) in [6, 6.07) is 4.27. The van der Waals surface area contributed by atoms with E-state index in [4.69, 9.17) is 25.8 Å². The number of hydrogen-bond donors (Lipinski definition) is 4. The molecule has 1 heterocycles. The largest absolute Gasteiger partial charge is 0.491 e. The minimum atomic E-state index is -1.34. The van der Waals surface area contributed by atoms with Crippen molar-refractivity contribution in [2.75, 3.05) is 19.8 Å². The zero-order chi connectivity index (χ0) is 19.3. The van der Waals surface area contributed by atoms with Gasteiger partial charge >= 0.3 is 0 Å². The number of halogens is 1. The highest BCUT2D eigenvalue weighted by Crippen LogP contribution is 2.23. The number of aryl methyl sites for hydroxylation is 1. The minimum Gasteiger partial charge on any atom is -0.491 e. The molecule has 0 unspecified atom stereocenters. The van der Waals surface area contributed by atoms with E-state index in [2.05, 4.69) is 5.32 Å². The van der Waals surface area contributed by atoms with Gasteiger partial charge in [-0.15, -0.1) is 0 Å². The van der Waals surface area contributed by atoms with Crippen molar-refractivity contribution < 1.29 is 34.3 Å². The summed E-state index contributed by atoms with van der Waals surface area (Å²) in [5.74, 6) is 0.249. The molecule has 0 radical (unpaired) electrons. The fraction of sp³-hybridized carbons (Fsp3) is 0.588. The molecule has 1 amide bonds. The third-order valence-corrected chi connectivity index (χ3v) is 4.25. The van der Waals surface area contributed by atoms with Gasteiger partial charge in [0.15, 0.2) is 6.29 Å².